The molecule has 0 radical (unpaired) electrons. The summed E-state index contributed by atoms with van der Waals surface area (Å²) in [5.41, 5.74) is 1.02. The van der Waals surface area contributed by atoms with Crippen LogP contribution in [0.25, 0.3) is 0 Å². The predicted octanol–water partition coefficient (Wildman–Crippen LogP) is 1.37. The minimum atomic E-state index is -0.680. The molecule has 0 aliphatic carbocycles. The Morgan fingerprint density at radius 2 is 2.41 bits per heavy atom. The lowest BCUT2D eigenvalue weighted by Crippen LogP contribution is -2.23. The molecule has 1 fully saturated rings. The van der Waals surface area contributed by atoms with E-state index in [2.05, 4.69) is 23.8 Å². The molecule has 1 aliphatic rings. The molecule has 17 heavy (non-hydrogen) atoms. The van der Waals surface area contributed by atoms with E-state index in [1.165, 1.54) is 0 Å². The summed E-state index contributed by atoms with van der Waals surface area (Å²) in [4.78, 5) is 13.0. The van der Waals surface area contributed by atoms with Crippen LogP contribution in [0.3, 0.4) is 0 Å². The van der Waals surface area contributed by atoms with E-state index in [1.54, 1.807) is 0 Å². The molecule has 1 atom stereocenters. The van der Waals surface area contributed by atoms with Crippen molar-refractivity contribution in [3.8, 4) is 0 Å². The number of nitrogens with zero attached hydrogens (tertiary/aromatic N) is 3. The van der Waals surface area contributed by atoms with Gasteiger partial charge >= 0.3 is 5.97 Å². The lowest BCUT2D eigenvalue weighted by atomic mass is 10.1. The fourth-order valence-corrected chi connectivity index (χ4v) is 2.16. The third kappa shape index (κ3) is 2.85. The Kier molecular flexibility index (Phi) is 3.47. The van der Waals surface area contributed by atoms with Gasteiger partial charge in [0.2, 0.25) is 0 Å². The second-order valence-corrected chi connectivity index (χ2v) is 4.94. The zero-order valence-corrected chi connectivity index (χ0v) is 10.3. The lowest BCUT2D eigenvalue weighted by molar-refractivity contribution is -0.141. The van der Waals surface area contributed by atoms with Crippen LogP contribution in [0.4, 0.5) is 0 Å². The van der Waals surface area contributed by atoms with Gasteiger partial charge in [-0.2, -0.15) is 5.10 Å². The molecule has 0 amide bonds. The van der Waals surface area contributed by atoms with Crippen molar-refractivity contribution in [2.75, 3.05) is 13.1 Å². The Hall–Kier alpha value is -1.36. The molecular weight excluding hydrogens is 218 g/mol. The van der Waals surface area contributed by atoms with Gasteiger partial charge < -0.3 is 5.11 Å². The van der Waals surface area contributed by atoms with Crippen molar-refractivity contribution in [3.63, 3.8) is 0 Å². The average molecular weight is 237 g/mol. The van der Waals surface area contributed by atoms with Gasteiger partial charge in [0.25, 0.3) is 0 Å². The normalized spacial score (nSPS) is 21.2. The number of hydrogen-bond donors (Lipinski definition) is 1. The van der Waals surface area contributed by atoms with Crippen LogP contribution in [0.5, 0.6) is 0 Å². The highest BCUT2D eigenvalue weighted by Gasteiger charge is 2.28. The molecule has 0 bridgehead atoms. The van der Waals surface area contributed by atoms with Crippen molar-refractivity contribution in [3.05, 3.63) is 18.0 Å². The summed E-state index contributed by atoms with van der Waals surface area (Å²) in [7, 11) is 0. The second kappa shape index (κ2) is 4.87. The van der Waals surface area contributed by atoms with Crippen LogP contribution >= 0.6 is 0 Å². The number of aromatic nitrogens is 2. The van der Waals surface area contributed by atoms with E-state index in [1.807, 2.05) is 16.9 Å². The summed E-state index contributed by atoms with van der Waals surface area (Å²) < 4.78 is 1.93. The Morgan fingerprint density at radius 3 is 2.94 bits per heavy atom. The van der Waals surface area contributed by atoms with Crippen molar-refractivity contribution >= 4 is 5.97 Å². The molecule has 5 nitrogen and oxygen atoms in total. The maximum Gasteiger partial charge on any atom is 0.307 e. The summed E-state index contributed by atoms with van der Waals surface area (Å²) >= 11 is 0. The Labute approximate surface area is 101 Å². The molecule has 0 aromatic carbocycles. The van der Waals surface area contributed by atoms with Crippen LogP contribution in [0, 0.1) is 5.92 Å². The van der Waals surface area contributed by atoms with E-state index in [4.69, 9.17) is 5.11 Å². The maximum absolute atomic E-state index is 10.8. The van der Waals surface area contributed by atoms with E-state index in [0.29, 0.717) is 12.6 Å². The average Bonchev–Trinajstić information content (AvgIpc) is 2.87. The van der Waals surface area contributed by atoms with E-state index in [0.717, 1.165) is 25.2 Å². The smallest absolute Gasteiger partial charge is 0.307 e. The molecule has 2 rings (SSSR count). The van der Waals surface area contributed by atoms with E-state index in [-0.39, 0.29) is 5.92 Å². The molecule has 0 spiro atoms. The van der Waals surface area contributed by atoms with Crippen LogP contribution < -0.4 is 0 Å². The third-order valence-electron chi connectivity index (χ3n) is 3.20. The number of carboxylic acids is 1. The monoisotopic (exact) mass is 237 g/mol. The van der Waals surface area contributed by atoms with Crippen LogP contribution in [-0.4, -0.2) is 38.8 Å². The van der Waals surface area contributed by atoms with Gasteiger partial charge in [0, 0.05) is 25.3 Å². The van der Waals surface area contributed by atoms with Gasteiger partial charge in [-0.05, 0) is 32.9 Å². The Morgan fingerprint density at radius 1 is 1.65 bits per heavy atom. The molecule has 1 unspecified atom stereocenters. The topological polar surface area (TPSA) is 58.4 Å². The number of hydrogen-bond acceptors (Lipinski definition) is 3. The molecule has 94 valence electrons. The number of likely N-dealkylation sites (tertiary alicyclic amines) is 1. The summed E-state index contributed by atoms with van der Waals surface area (Å²) in [6.07, 6.45) is 2.73. The highest BCUT2D eigenvalue weighted by atomic mass is 16.4. The zero-order valence-electron chi connectivity index (χ0n) is 10.3. The zero-order chi connectivity index (χ0) is 12.4. The minimum Gasteiger partial charge on any atom is -0.481 e. The van der Waals surface area contributed by atoms with Crippen LogP contribution in [0.15, 0.2) is 12.3 Å². The quantitative estimate of drug-likeness (QED) is 0.859. The Balaban J connectivity index is 1.91. The molecule has 1 saturated heterocycles. The molecule has 1 aromatic heterocycles. The third-order valence-corrected chi connectivity index (χ3v) is 3.20. The number of rotatable bonds is 4. The molecule has 5 heteroatoms. The number of carbonyl (C=O) groups is 1. The van der Waals surface area contributed by atoms with Crippen molar-refractivity contribution < 1.29 is 9.90 Å². The molecule has 2 heterocycles. The van der Waals surface area contributed by atoms with Gasteiger partial charge in [0.15, 0.2) is 0 Å². The summed E-state index contributed by atoms with van der Waals surface area (Å²) in [6, 6.07) is 2.38. The lowest BCUT2D eigenvalue weighted by Gasteiger charge is -2.13. The summed E-state index contributed by atoms with van der Waals surface area (Å²) in [6.45, 7) is 6.43. The van der Waals surface area contributed by atoms with Gasteiger partial charge in [0.1, 0.15) is 0 Å². The first kappa shape index (κ1) is 12.1. The van der Waals surface area contributed by atoms with Crippen LogP contribution in [0.1, 0.15) is 32.0 Å². The van der Waals surface area contributed by atoms with Crippen molar-refractivity contribution in [2.24, 2.45) is 5.92 Å². The van der Waals surface area contributed by atoms with Crippen LogP contribution in [-0.2, 0) is 11.3 Å². The molecule has 1 N–H and O–H groups in total. The van der Waals surface area contributed by atoms with E-state index >= 15 is 0 Å². The highest BCUT2D eigenvalue weighted by molar-refractivity contribution is 5.70. The number of aliphatic carboxylic acids is 1. The highest BCUT2D eigenvalue weighted by Crippen LogP contribution is 2.18. The van der Waals surface area contributed by atoms with Crippen molar-refractivity contribution in [1.29, 1.82) is 0 Å². The molecule has 1 aliphatic heterocycles. The first-order chi connectivity index (χ1) is 8.06. The van der Waals surface area contributed by atoms with Gasteiger partial charge in [-0.25, -0.2) is 0 Å². The van der Waals surface area contributed by atoms with Crippen molar-refractivity contribution in [2.45, 2.75) is 32.9 Å². The van der Waals surface area contributed by atoms with Crippen molar-refractivity contribution in [1.82, 2.24) is 14.7 Å². The SMILES string of the molecule is CC(C)n1ccc(CN2CCC(C(=O)O)C2)n1. The molecular formula is C12H19N3O2. The largest absolute Gasteiger partial charge is 0.481 e. The Bertz CT molecular complexity index is 400. The molecule has 0 saturated carbocycles. The predicted molar refractivity (Wildman–Crippen MR) is 63.6 cm³/mol. The first-order valence-electron chi connectivity index (χ1n) is 6.05. The second-order valence-electron chi connectivity index (χ2n) is 4.94. The van der Waals surface area contributed by atoms with Gasteiger partial charge in [-0.15, -0.1) is 0 Å². The first-order valence-corrected chi connectivity index (χ1v) is 6.05. The summed E-state index contributed by atoms with van der Waals surface area (Å²) in [5, 5.41) is 13.4. The molecule has 1 aromatic rings. The minimum absolute atomic E-state index is 0.206. The maximum atomic E-state index is 10.8. The van der Waals surface area contributed by atoms with E-state index < -0.39 is 5.97 Å². The van der Waals surface area contributed by atoms with E-state index in [9.17, 15) is 4.79 Å². The standard InChI is InChI=1S/C12H19N3O2/c1-9(2)15-6-4-11(13-15)8-14-5-3-10(7-14)12(16)17/h4,6,9-10H,3,5,7-8H2,1-2H3,(H,16,17). The fraction of sp³-hybridized carbons (Fsp3) is 0.667. The summed E-state index contributed by atoms with van der Waals surface area (Å²) in [5.74, 6) is -0.887. The van der Waals surface area contributed by atoms with Gasteiger partial charge in [-0.3, -0.25) is 14.4 Å². The fourth-order valence-electron chi connectivity index (χ4n) is 2.16. The van der Waals surface area contributed by atoms with Crippen LogP contribution in [0.2, 0.25) is 0 Å². The van der Waals surface area contributed by atoms with Gasteiger partial charge in [-0.1, -0.05) is 0 Å². The van der Waals surface area contributed by atoms with Gasteiger partial charge in [0.05, 0.1) is 11.6 Å². The number of carboxylic acid groups (broad SMARTS) is 1.